The van der Waals surface area contributed by atoms with Crippen molar-refractivity contribution in [2.75, 3.05) is 37.7 Å². The first-order valence-corrected chi connectivity index (χ1v) is 8.01. The molecule has 0 bridgehead atoms. The van der Waals surface area contributed by atoms with Crippen LogP contribution in [0, 0.1) is 25.2 Å². The molecule has 0 spiro atoms. The molecule has 2 saturated heterocycles. The molecule has 2 fully saturated rings. The molecule has 3 heterocycles. The minimum atomic E-state index is -0.266. The van der Waals surface area contributed by atoms with Gasteiger partial charge in [0.25, 0.3) is 5.91 Å². The minimum Gasteiger partial charge on any atom is -0.368 e. The lowest BCUT2D eigenvalue weighted by Crippen LogP contribution is -2.51. The molecule has 1 aromatic rings. The van der Waals surface area contributed by atoms with Crippen LogP contribution < -0.4 is 4.90 Å². The van der Waals surface area contributed by atoms with Crippen LogP contribution >= 0.6 is 0 Å². The van der Waals surface area contributed by atoms with Crippen LogP contribution in [0.4, 0.5) is 5.82 Å². The highest BCUT2D eigenvalue weighted by Gasteiger charge is 2.31. The first kappa shape index (κ1) is 15.7. The molecule has 7 nitrogen and oxygen atoms in total. The van der Waals surface area contributed by atoms with E-state index in [9.17, 15) is 10.1 Å². The number of anilines is 1. The molecule has 122 valence electrons. The maximum absolute atomic E-state index is 12.4. The lowest BCUT2D eigenvalue weighted by molar-refractivity contribution is -0.141. The van der Waals surface area contributed by atoms with Crippen molar-refractivity contribution in [2.24, 2.45) is 0 Å². The summed E-state index contributed by atoms with van der Waals surface area (Å²) in [5, 5.41) is 17.8. The van der Waals surface area contributed by atoms with Gasteiger partial charge in [-0.3, -0.25) is 4.79 Å². The second-order valence-electron chi connectivity index (χ2n) is 6.03. The summed E-state index contributed by atoms with van der Waals surface area (Å²) in [5.41, 5.74) is 2.23. The number of nitriles is 1. The summed E-state index contributed by atoms with van der Waals surface area (Å²) in [6.07, 6.45) is 1.51. The van der Waals surface area contributed by atoms with Gasteiger partial charge in [0.05, 0.1) is 5.69 Å². The summed E-state index contributed by atoms with van der Waals surface area (Å²) in [4.78, 5) is 16.3. The van der Waals surface area contributed by atoms with Gasteiger partial charge in [0.2, 0.25) is 0 Å². The lowest BCUT2D eigenvalue weighted by Gasteiger charge is -2.36. The lowest BCUT2D eigenvalue weighted by atomic mass is 10.1. The van der Waals surface area contributed by atoms with E-state index in [1.54, 1.807) is 0 Å². The van der Waals surface area contributed by atoms with Crippen molar-refractivity contribution >= 4 is 11.7 Å². The minimum absolute atomic E-state index is 0.0915. The van der Waals surface area contributed by atoms with Crippen molar-refractivity contribution in [1.29, 1.82) is 5.26 Å². The van der Waals surface area contributed by atoms with E-state index in [0.717, 1.165) is 24.1 Å². The fraction of sp³-hybridized carbons (Fsp3) is 0.625. The zero-order chi connectivity index (χ0) is 16.4. The molecule has 1 amide bonds. The van der Waals surface area contributed by atoms with Gasteiger partial charge >= 0.3 is 0 Å². The van der Waals surface area contributed by atoms with Crippen LogP contribution in [0.3, 0.4) is 0 Å². The molecule has 0 radical (unpaired) electrons. The molecule has 2 aliphatic heterocycles. The largest absolute Gasteiger partial charge is 0.368 e. The van der Waals surface area contributed by atoms with Crippen molar-refractivity contribution in [2.45, 2.75) is 32.8 Å². The maximum Gasteiger partial charge on any atom is 0.251 e. The Balaban J connectivity index is 1.69. The quantitative estimate of drug-likeness (QED) is 0.802. The fourth-order valence-corrected chi connectivity index (χ4v) is 3.07. The number of rotatable bonds is 2. The maximum atomic E-state index is 12.4. The van der Waals surface area contributed by atoms with E-state index in [4.69, 9.17) is 4.74 Å². The summed E-state index contributed by atoms with van der Waals surface area (Å²) < 4.78 is 5.47. The van der Waals surface area contributed by atoms with Crippen molar-refractivity contribution in [1.82, 2.24) is 15.1 Å². The summed E-state index contributed by atoms with van der Waals surface area (Å²) in [6, 6.07) is 2.24. The number of nitrogens with zero attached hydrogens (tertiary/aromatic N) is 5. The van der Waals surface area contributed by atoms with E-state index in [1.165, 1.54) is 0 Å². The third kappa shape index (κ3) is 2.99. The van der Waals surface area contributed by atoms with Crippen LogP contribution in [0.2, 0.25) is 0 Å². The van der Waals surface area contributed by atoms with E-state index in [0.29, 0.717) is 44.2 Å². The number of aromatic nitrogens is 2. The van der Waals surface area contributed by atoms with Crippen LogP contribution in [0.5, 0.6) is 0 Å². The second-order valence-corrected chi connectivity index (χ2v) is 6.03. The van der Waals surface area contributed by atoms with Gasteiger partial charge in [-0.2, -0.15) is 10.4 Å². The van der Waals surface area contributed by atoms with Crippen LogP contribution in [0.1, 0.15) is 29.7 Å². The Morgan fingerprint density at radius 1 is 1.26 bits per heavy atom. The van der Waals surface area contributed by atoms with Crippen molar-refractivity contribution in [3.8, 4) is 6.07 Å². The smallest absolute Gasteiger partial charge is 0.251 e. The van der Waals surface area contributed by atoms with Crippen LogP contribution in [0.15, 0.2) is 0 Å². The second kappa shape index (κ2) is 6.50. The van der Waals surface area contributed by atoms with E-state index < -0.39 is 0 Å². The van der Waals surface area contributed by atoms with E-state index in [2.05, 4.69) is 16.3 Å². The summed E-state index contributed by atoms with van der Waals surface area (Å²) in [6.45, 7) is 6.99. The summed E-state index contributed by atoms with van der Waals surface area (Å²) in [7, 11) is 0. The molecular formula is C16H21N5O2. The summed E-state index contributed by atoms with van der Waals surface area (Å²) >= 11 is 0. The number of carbonyl (C=O) groups excluding carboxylic acids is 1. The van der Waals surface area contributed by atoms with Crippen LogP contribution in [0.25, 0.3) is 0 Å². The van der Waals surface area contributed by atoms with Gasteiger partial charge in [-0.1, -0.05) is 0 Å². The molecule has 7 heteroatoms. The number of carbonyl (C=O) groups is 1. The molecule has 23 heavy (non-hydrogen) atoms. The van der Waals surface area contributed by atoms with Gasteiger partial charge in [-0.25, -0.2) is 0 Å². The van der Waals surface area contributed by atoms with Crippen molar-refractivity contribution in [3.05, 3.63) is 16.8 Å². The first-order chi connectivity index (χ1) is 11.1. The van der Waals surface area contributed by atoms with Gasteiger partial charge in [-0.15, -0.1) is 5.10 Å². The molecule has 1 unspecified atom stereocenters. The molecule has 1 aromatic heterocycles. The molecule has 3 rings (SSSR count). The number of ether oxygens (including phenoxy) is 1. The number of aryl methyl sites for hydroxylation is 1. The van der Waals surface area contributed by atoms with Crippen LogP contribution in [-0.2, 0) is 9.53 Å². The third-order valence-corrected chi connectivity index (χ3v) is 4.64. The predicted octanol–water partition coefficient (Wildman–Crippen LogP) is 0.793. The number of hydrogen-bond acceptors (Lipinski definition) is 6. The molecule has 1 atom stereocenters. The average molecular weight is 315 g/mol. The van der Waals surface area contributed by atoms with Crippen molar-refractivity contribution < 1.29 is 9.53 Å². The predicted molar refractivity (Wildman–Crippen MR) is 84.0 cm³/mol. The Morgan fingerprint density at radius 3 is 2.61 bits per heavy atom. The number of amides is 1. The average Bonchev–Trinajstić information content (AvgIpc) is 3.11. The SMILES string of the molecule is Cc1nnc(N2CCN(C(=O)C3CCCO3)CC2)c(C#N)c1C. The zero-order valence-electron chi connectivity index (χ0n) is 13.6. The molecule has 0 aromatic carbocycles. The highest BCUT2D eigenvalue weighted by molar-refractivity contribution is 5.81. The van der Waals surface area contributed by atoms with Gasteiger partial charge in [-0.05, 0) is 32.3 Å². The summed E-state index contributed by atoms with van der Waals surface area (Å²) in [5.74, 6) is 0.716. The fourth-order valence-electron chi connectivity index (χ4n) is 3.07. The van der Waals surface area contributed by atoms with Gasteiger partial charge < -0.3 is 14.5 Å². The van der Waals surface area contributed by atoms with E-state index in [-0.39, 0.29) is 12.0 Å². The van der Waals surface area contributed by atoms with Crippen LogP contribution in [-0.4, -0.2) is 59.9 Å². The zero-order valence-corrected chi connectivity index (χ0v) is 13.6. The Bertz CT molecular complexity index is 641. The van der Waals surface area contributed by atoms with Gasteiger partial charge in [0.1, 0.15) is 17.7 Å². The highest BCUT2D eigenvalue weighted by Crippen LogP contribution is 2.23. The molecular weight excluding hydrogens is 294 g/mol. The van der Waals surface area contributed by atoms with E-state index in [1.807, 2.05) is 23.6 Å². The Labute approximate surface area is 135 Å². The monoisotopic (exact) mass is 315 g/mol. The number of hydrogen-bond donors (Lipinski definition) is 0. The third-order valence-electron chi connectivity index (χ3n) is 4.64. The Kier molecular flexibility index (Phi) is 4.44. The Morgan fingerprint density at radius 2 is 2.00 bits per heavy atom. The Hall–Kier alpha value is -2.20. The van der Waals surface area contributed by atoms with Crippen molar-refractivity contribution in [3.63, 3.8) is 0 Å². The topological polar surface area (TPSA) is 82.3 Å². The van der Waals surface area contributed by atoms with Gasteiger partial charge in [0, 0.05) is 32.8 Å². The normalized spacial score (nSPS) is 21.3. The molecule has 2 aliphatic rings. The van der Waals surface area contributed by atoms with Gasteiger partial charge in [0.15, 0.2) is 5.82 Å². The molecule has 0 N–H and O–H groups in total. The standard InChI is InChI=1S/C16H21N5O2/c1-11-12(2)18-19-15(13(11)10-17)20-5-7-21(8-6-20)16(22)14-4-3-9-23-14/h14H,3-9H2,1-2H3. The number of piperazine rings is 1. The molecule has 0 saturated carbocycles. The molecule has 0 aliphatic carbocycles. The van der Waals surface area contributed by atoms with E-state index >= 15 is 0 Å². The highest BCUT2D eigenvalue weighted by atomic mass is 16.5. The first-order valence-electron chi connectivity index (χ1n) is 8.01.